The Morgan fingerprint density at radius 3 is 1.76 bits per heavy atom. The molecule has 8 N–H and O–H groups in total. The van der Waals surface area contributed by atoms with Crippen LogP contribution >= 0.6 is 7.75 Å². The Morgan fingerprint density at radius 2 is 1.29 bits per heavy atom. The largest absolute Gasteiger partial charge is 0.481 e. The van der Waals surface area contributed by atoms with Gasteiger partial charge in [0.2, 0.25) is 11.8 Å². The summed E-state index contributed by atoms with van der Waals surface area (Å²) >= 11 is 0. The number of amides is 2. The van der Waals surface area contributed by atoms with Crippen LogP contribution in [0.25, 0.3) is 0 Å². The molecule has 17 heteroatoms. The summed E-state index contributed by atoms with van der Waals surface area (Å²) in [6.45, 7) is 0.590. The third-order valence-corrected chi connectivity index (χ3v) is 5.31. The van der Waals surface area contributed by atoms with E-state index >= 15 is 0 Å². The van der Waals surface area contributed by atoms with Crippen molar-refractivity contribution in [1.82, 2.24) is 15.7 Å². The SMILES string of the molecule is CC(=O)NC(CCC(=O)NC(CCCOP(=O)(O)NC(CCC(=O)O)C(=O)O)C(=O)O)C(=O)O. The third-order valence-electron chi connectivity index (χ3n) is 4.14. The topological polar surface area (TPSA) is 266 Å². The predicted molar refractivity (Wildman–Crippen MR) is 110 cm³/mol. The summed E-state index contributed by atoms with van der Waals surface area (Å²) in [7, 11) is -4.67. The lowest BCUT2D eigenvalue weighted by Gasteiger charge is -2.19. The van der Waals surface area contributed by atoms with E-state index in [0.29, 0.717) is 0 Å². The molecule has 0 spiro atoms. The number of carbonyl (C=O) groups excluding carboxylic acids is 2. The first-order chi connectivity index (χ1) is 15.6. The van der Waals surface area contributed by atoms with Crippen molar-refractivity contribution in [2.45, 2.75) is 63.6 Å². The van der Waals surface area contributed by atoms with Gasteiger partial charge in [-0.2, -0.15) is 0 Å². The number of aliphatic carboxylic acids is 4. The Morgan fingerprint density at radius 1 is 0.794 bits per heavy atom. The molecule has 0 saturated heterocycles. The second kappa shape index (κ2) is 15.0. The average molecular weight is 513 g/mol. The van der Waals surface area contributed by atoms with E-state index in [4.69, 9.17) is 15.3 Å². The highest BCUT2D eigenvalue weighted by Gasteiger charge is 2.29. The van der Waals surface area contributed by atoms with Gasteiger partial charge in [0.25, 0.3) is 0 Å². The minimum Gasteiger partial charge on any atom is -0.481 e. The maximum absolute atomic E-state index is 12.0. The Labute approximate surface area is 193 Å². The fraction of sp³-hybridized carbons (Fsp3) is 0.647. The van der Waals surface area contributed by atoms with E-state index in [1.807, 2.05) is 0 Å². The van der Waals surface area contributed by atoms with E-state index < -0.39 is 87.4 Å². The fourth-order valence-corrected chi connectivity index (χ4v) is 3.61. The van der Waals surface area contributed by atoms with Crippen LogP contribution in [0.15, 0.2) is 0 Å². The summed E-state index contributed by atoms with van der Waals surface area (Å²) in [5.41, 5.74) is 0. The summed E-state index contributed by atoms with van der Waals surface area (Å²) in [4.78, 5) is 76.6. The van der Waals surface area contributed by atoms with Crippen LogP contribution in [0.3, 0.4) is 0 Å². The molecule has 0 aliphatic heterocycles. The second-order valence-corrected chi connectivity index (χ2v) is 8.59. The second-order valence-electron chi connectivity index (χ2n) is 7.04. The molecule has 0 aromatic heterocycles. The van der Waals surface area contributed by atoms with Crippen molar-refractivity contribution in [1.29, 1.82) is 0 Å². The maximum Gasteiger partial charge on any atom is 0.403 e. The van der Waals surface area contributed by atoms with E-state index in [0.717, 1.165) is 6.92 Å². The quantitative estimate of drug-likeness (QED) is 0.0784. The molecule has 0 fully saturated rings. The van der Waals surface area contributed by atoms with Crippen molar-refractivity contribution >= 4 is 43.4 Å². The summed E-state index contributed by atoms with van der Waals surface area (Å²) in [6, 6.07) is -4.45. The Hall–Kier alpha value is -3.07. The Balaban J connectivity index is 4.64. The van der Waals surface area contributed by atoms with Crippen LogP contribution in [-0.2, 0) is 37.9 Å². The van der Waals surface area contributed by atoms with Gasteiger partial charge in [0, 0.05) is 19.8 Å². The fourth-order valence-electron chi connectivity index (χ4n) is 2.52. The van der Waals surface area contributed by atoms with Crippen molar-refractivity contribution in [3.05, 3.63) is 0 Å². The summed E-state index contributed by atoms with van der Waals surface area (Å²) in [6.07, 6.45) is -2.17. The van der Waals surface area contributed by atoms with E-state index in [9.17, 15) is 43.3 Å². The minimum atomic E-state index is -4.67. The number of hydrogen-bond acceptors (Lipinski definition) is 8. The van der Waals surface area contributed by atoms with Gasteiger partial charge < -0.3 is 36.0 Å². The molecule has 0 rings (SSSR count). The van der Waals surface area contributed by atoms with Gasteiger partial charge >= 0.3 is 31.6 Å². The number of nitrogens with one attached hydrogen (secondary N) is 3. The van der Waals surface area contributed by atoms with Gasteiger partial charge in [0.15, 0.2) is 0 Å². The van der Waals surface area contributed by atoms with Crippen LogP contribution in [0.4, 0.5) is 0 Å². The van der Waals surface area contributed by atoms with Crippen molar-refractivity contribution in [3.63, 3.8) is 0 Å². The zero-order chi connectivity index (χ0) is 26.5. The zero-order valence-corrected chi connectivity index (χ0v) is 19.0. The molecule has 0 saturated carbocycles. The molecule has 0 aliphatic rings. The van der Waals surface area contributed by atoms with Gasteiger partial charge in [-0.3, -0.25) is 23.7 Å². The lowest BCUT2D eigenvalue weighted by Crippen LogP contribution is -2.43. The molecule has 34 heavy (non-hydrogen) atoms. The first-order valence-electron chi connectivity index (χ1n) is 9.86. The molecule has 16 nitrogen and oxygen atoms in total. The van der Waals surface area contributed by atoms with Gasteiger partial charge in [0.1, 0.15) is 18.1 Å². The Kier molecular flexibility index (Phi) is 13.6. The molecular formula is C17H28N3O13P. The van der Waals surface area contributed by atoms with Crippen LogP contribution in [0.5, 0.6) is 0 Å². The number of carbonyl (C=O) groups is 6. The van der Waals surface area contributed by atoms with E-state index in [1.165, 1.54) is 0 Å². The average Bonchev–Trinajstić information content (AvgIpc) is 2.69. The predicted octanol–water partition coefficient (Wildman–Crippen LogP) is -1.27. The monoisotopic (exact) mass is 513 g/mol. The van der Waals surface area contributed by atoms with Crippen molar-refractivity contribution < 1.29 is 63.2 Å². The summed E-state index contributed by atoms with van der Waals surface area (Å²) in [5.74, 6) is -7.11. The van der Waals surface area contributed by atoms with Crippen LogP contribution in [-0.4, -0.2) is 85.7 Å². The number of carboxylic acids is 4. The lowest BCUT2D eigenvalue weighted by atomic mass is 10.1. The van der Waals surface area contributed by atoms with Gasteiger partial charge in [-0.25, -0.2) is 19.2 Å². The van der Waals surface area contributed by atoms with E-state index in [2.05, 4.69) is 15.2 Å². The van der Waals surface area contributed by atoms with Crippen molar-refractivity contribution in [2.75, 3.05) is 6.61 Å². The highest BCUT2D eigenvalue weighted by atomic mass is 31.2. The molecule has 194 valence electrons. The van der Waals surface area contributed by atoms with Crippen molar-refractivity contribution in [3.8, 4) is 0 Å². The first-order valence-corrected chi connectivity index (χ1v) is 11.4. The minimum absolute atomic E-state index is 0.153. The molecule has 0 radical (unpaired) electrons. The van der Waals surface area contributed by atoms with Crippen LogP contribution < -0.4 is 15.7 Å². The van der Waals surface area contributed by atoms with Gasteiger partial charge in [-0.1, -0.05) is 0 Å². The van der Waals surface area contributed by atoms with Gasteiger partial charge in [-0.15, -0.1) is 0 Å². The van der Waals surface area contributed by atoms with Crippen LogP contribution in [0, 0.1) is 0 Å². The molecule has 4 atom stereocenters. The maximum atomic E-state index is 12.0. The normalized spacial score (nSPS) is 15.2. The molecule has 4 unspecified atom stereocenters. The molecule has 2 amide bonds. The smallest absolute Gasteiger partial charge is 0.403 e. The van der Waals surface area contributed by atoms with Crippen molar-refractivity contribution in [2.24, 2.45) is 0 Å². The number of carboxylic acid groups (broad SMARTS) is 4. The van der Waals surface area contributed by atoms with Gasteiger partial charge in [-0.05, 0) is 25.7 Å². The molecule has 0 heterocycles. The molecular weight excluding hydrogens is 485 g/mol. The molecule has 0 bridgehead atoms. The van der Waals surface area contributed by atoms with Crippen LogP contribution in [0.1, 0.15) is 45.4 Å². The zero-order valence-electron chi connectivity index (χ0n) is 18.1. The summed E-state index contributed by atoms with van der Waals surface area (Å²) in [5, 5.41) is 41.9. The van der Waals surface area contributed by atoms with E-state index in [-0.39, 0.29) is 19.3 Å². The third kappa shape index (κ3) is 14.2. The van der Waals surface area contributed by atoms with Crippen LogP contribution in [0.2, 0.25) is 0 Å². The highest BCUT2D eigenvalue weighted by Crippen LogP contribution is 2.38. The number of rotatable bonds is 18. The lowest BCUT2D eigenvalue weighted by molar-refractivity contribution is -0.143. The molecule has 0 aliphatic carbocycles. The Bertz CT molecular complexity index is 818. The summed E-state index contributed by atoms with van der Waals surface area (Å²) < 4.78 is 16.6. The van der Waals surface area contributed by atoms with Gasteiger partial charge in [0.05, 0.1) is 6.61 Å². The molecule has 0 aromatic rings. The standard InChI is InChI=1S/C17H28N3O13P/c1-9(21)18-11(16(27)28)4-6-13(22)19-10(15(25)26)3-2-8-33-34(31,32)20-12(17(29)30)5-7-14(23)24/h10-12H,2-8H2,1H3,(H,18,21)(H,19,22)(H,23,24)(H,25,26)(H,27,28)(H,29,30)(H2,20,31,32). The first kappa shape index (κ1) is 30.9. The number of hydrogen-bond donors (Lipinski definition) is 8. The molecule has 0 aromatic carbocycles. The van der Waals surface area contributed by atoms with E-state index in [1.54, 1.807) is 5.09 Å². The highest BCUT2D eigenvalue weighted by molar-refractivity contribution is 7.50.